The van der Waals surface area contributed by atoms with Crippen molar-refractivity contribution in [2.75, 3.05) is 20.3 Å². The van der Waals surface area contributed by atoms with Crippen LogP contribution in [0.5, 0.6) is 0 Å². The van der Waals surface area contributed by atoms with E-state index in [-0.39, 0.29) is 24.5 Å². The summed E-state index contributed by atoms with van der Waals surface area (Å²) in [5.41, 5.74) is 3.35. The third kappa shape index (κ3) is 3.55. The SMILES string of the molecule is COCCN1C(=O)C(=O)/C(=C(/O)c2nc3c(C)cccn3c2C)C1c1cccc(Br)c1. The van der Waals surface area contributed by atoms with Gasteiger partial charge in [0.15, 0.2) is 5.76 Å². The third-order valence-electron chi connectivity index (χ3n) is 5.55. The second-order valence-corrected chi connectivity index (χ2v) is 8.39. The number of aromatic nitrogens is 2. The fourth-order valence-electron chi connectivity index (χ4n) is 4.00. The Balaban J connectivity index is 1.94. The Morgan fingerprint density at radius 1 is 1.23 bits per heavy atom. The average Bonchev–Trinajstić information content (AvgIpc) is 3.22. The van der Waals surface area contributed by atoms with Crippen LogP contribution in [-0.4, -0.2) is 51.3 Å². The van der Waals surface area contributed by atoms with Gasteiger partial charge in [-0.1, -0.05) is 34.1 Å². The number of ether oxygens (including phenoxy) is 1. The minimum atomic E-state index is -0.738. The fourth-order valence-corrected chi connectivity index (χ4v) is 4.41. The molecule has 8 heteroatoms. The zero-order valence-corrected chi connectivity index (χ0v) is 19.0. The first-order valence-electron chi connectivity index (χ1n) is 9.82. The number of aliphatic hydroxyl groups is 1. The zero-order chi connectivity index (χ0) is 22.3. The molecule has 31 heavy (non-hydrogen) atoms. The Morgan fingerprint density at radius 2 is 2.00 bits per heavy atom. The Morgan fingerprint density at radius 3 is 2.68 bits per heavy atom. The lowest BCUT2D eigenvalue weighted by Crippen LogP contribution is -2.32. The van der Waals surface area contributed by atoms with Crippen molar-refractivity contribution in [2.45, 2.75) is 19.9 Å². The van der Waals surface area contributed by atoms with Crippen LogP contribution in [0.25, 0.3) is 11.4 Å². The number of ketones is 1. The van der Waals surface area contributed by atoms with Gasteiger partial charge >= 0.3 is 0 Å². The van der Waals surface area contributed by atoms with Gasteiger partial charge in [-0.2, -0.15) is 0 Å². The lowest BCUT2D eigenvalue weighted by molar-refractivity contribution is -0.140. The number of fused-ring (bicyclic) bond motifs is 1. The Kier molecular flexibility index (Phi) is 5.68. The van der Waals surface area contributed by atoms with Gasteiger partial charge in [0, 0.05) is 24.3 Å². The predicted molar refractivity (Wildman–Crippen MR) is 120 cm³/mol. The number of carbonyl (C=O) groups excluding carboxylic acids is 2. The van der Waals surface area contributed by atoms with Gasteiger partial charge in [0.2, 0.25) is 0 Å². The largest absolute Gasteiger partial charge is 0.505 e. The fraction of sp³-hybridized carbons (Fsp3) is 0.261. The average molecular weight is 484 g/mol. The molecule has 1 saturated heterocycles. The van der Waals surface area contributed by atoms with Gasteiger partial charge in [-0.25, -0.2) is 4.98 Å². The number of rotatable bonds is 5. The zero-order valence-electron chi connectivity index (χ0n) is 17.4. The molecule has 1 fully saturated rings. The van der Waals surface area contributed by atoms with Crippen LogP contribution in [-0.2, 0) is 14.3 Å². The van der Waals surface area contributed by atoms with E-state index in [4.69, 9.17) is 4.74 Å². The van der Waals surface area contributed by atoms with Gasteiger partial charge in [0.05, 0.1) is 23.9 Å². The molecule has 160 valence electrons. The van der Waals surface area contributed by atoms with Crippen molar-refractivity contribution in [1.82, 2.24) is 14.3 Å². The molecule has 2 aromatic heterocycles. The monoisotopic (exact) mass is 483 g/mol. The molecule has 0 saturated carbocycles. The molecule has 1 aliphatic heterocycles. The summed E-state index contributed by atoms with van der Waals surface area (Å²) in [6.07, 6.45) is 1.85. The van der Waals surface area contributed by atoms with Crippen LogP contribution in [0.15, 0.2) is 52.6 Å². The molecule has 7 nitrogen and oxygen atoms in total. The first-order valence-corrected chi connectivity index (χ1v) is 10.6. The third-order valence-corrected chi connectivity index (χ3v) is 6.04. The lowest BCUT2D eigenvalue weighted by atomic mass is 9.96. The van der Waals surface area contributed by atoms with Crippen molar-refractivity contribution in [2.24, 2.45) is 0 Å². The molecule has 1 amide bonds. The number of aryl methyl sites for hydroxylation is 2. The van der Waals surface area contributed by atoms with Crippen LogP contribution in [0.4, 0.5) is 0 Å². The number of halogens is 1. The highest BCUT2D eigenvalue weighted by atomic mass is 79.9. The molecule has 1 atom stereocenters. The number of benzene rings is 1. The number of amides is 1. The summed E-state index contributed by atoms with van der Waals surface area (Å²) < 4.78 is 7.81. The summed E-state index contributed by atoms with van der Waals surface area (Å²) in [6, 6.07) is 10.4. The number of hydrogen-bond donors (Lipinski definition) is 1. The predicted octanol–water partition coefficient (Wildman–Crippen LogP) is 3.78. The normalized spacial score (nSPS) is 18.3. The van der Waals surface area contributed by atoms with Crippen LogP contribution >= 0.6 is 15.9 Å². The molecule has 1 unspecified atom stereocenters. The van der Waals surface area contributed by atoms with Crippen molar-refractivity contribution in [3.8, 4) is 0 Å². The molecule has 1 aliphatic rings. The van der Waals surface area contributed by atoms with E-state index in [2.05, 4.69) is 20.9 Å². The van der Waals surface area contributed by atoms with E-state index < -0.39 is 17.7 Å². The van der Waals surface area contributed by atoms with Crippen molar-refractivity contribution >= 4 is 39.0 Å². The van der Waals surface area contributed by atoms with Gasteiger partial charge in [0.25, 0.3) is 11.7 Å². The summed E-state index contributed by atoms with van der Waals surface area (Å²) in [7, 11) is 1.53. The maximum Gasteiger partial charge on any atom is 0.295 e. The van der Waals surface area contributed by atoms with Crippen molar-refractivity contribution in [1.29, 1.82) is 0 Å². The molecule has 4 rings (SSSR count). The molecule has 0 aliphatic carbocycles. The molecular weight excluding hydrogens is 462 g/mol. The van der Waals surface area contributed by atoms with Crippen molar-refractivity contribution in [3.05, 3.63) is 75.2 Å². The summed E-state index contributed by atoms with van der Waals surface area (Å²) in [5.74, 6) is -1.67. The van der Waals surface area contributed by atoms with E-state index in [1.165, 1.54) is 12.0 Å². The molecule has 3 aromatic rings. The van der Waals surface area contributed by atoms with Gasteiger partial charge < -0.3 is 19.1 Å². The van der Waals surface area contributed by atoms with Crippen LogP contribution < -0.4 is 0 Å². The van der Waals surface area contributed by atoms with Crippen LogP contribution in [0.2, 0.25) is 0 Å². The second kappa shape index (κ2) is 8.28. The molecule has 3 heterocycles. The van der Waals surface area contributed by atoms with Gasteiger partial charge in [-0.15, -0.1) is 0 Å². The molecule has 1 aromatic carbocycles. The van der Waals surface area contributed by atoms with Gasteiger partial charge in [-0.3, -0.25) is 9.59 Å². The number of methoxy groups -OCH3 is 1. The number of Topliss-reactive ketones (excluding diaryl/α,β-unsaturated/α-hetero) is 1. The maximum atomic E-state index is 13.1. The number of hydrogen-bond acceptors (Lipinski definition) is 5. The topological polar surface area (TPSA) is 84.1 Å². The molecule has 0 spiro atoms. The highest BCUT2D eigenvalue weighted by Gasteiger charge is 2.46. The van der Waals surface area contributed by atoms with Crippen molar-refractivity contribution in [3.63, 3.8) is 0 Å². The number of carbonyl (C=O) groups is 2. The number of likely N-dealkylation sites (tertiary alicyclic amines) is 1. The lowest BCUT2D eigenvalue weighted by Gasteiger charge is -2.25. The quantitative estimate of drug-likeness (QED) is 0.339. The summed E-state index contributed by atoms with van der Waals surface area (Å²) in [6.45, 7) is 4.24. The molecular formula is C23H22BrN3O4. The maximum absolute atomic E-state index is 13.1. The van der Waals surface area contributed by atoms with E-state index in [9.17, 15) is 14.7 Å². The smallest absolute Gasteiger partial charge is 0.295 e. The summed E-state index contributed by atoms with van der Waals surface area (Å²) in [4.78, 5) is 32.0. The van der Waals surface area contributed by atoms with E-state index in [0.29, 0.717) is 22.6 Å². The number of imidazole rings is 1. The number of nitrogens with zero attached hydrogens (tertiary/aromatic N) is 3. The minimum Gasteiger partial charge on any atom is -0.505 e. The molecule has 1 N–H and O–H groups in total. The highest BCUT2D eigenvalue weighted by Crippen LogP contribution is 2.40. The van der Waals surface area contributed by atoms with E-state index in [0.717, 1.165) is 10.0 Å². The first kappa shape index (κ1) is 21.3. The van der Waals surface area contributed by atoms with E-state index in [1.54, 1.807) is 0 Å². The summed E-state index contributed by atoms with van der Waals surface area (Å²) in [5, 5.41) is 11.3. The molecule has 0 radical (unpaired) electrons. The Hall–Kier alpha value is -2.97. The standard InChI is InChI=1S/C23H22BrN3O4/c1-13-6-5-9-26-14(2)18(25-22(13)26)20(28)17-19(15-7-4-8-16(24)12-15)27(10-11-31-3)23(30)21(17)29/h4-9,12,19,28H,10-11H2,1-3H3/b20-17+. The Labute approximate surface area is 188 Å². The first-order chi connectivity index (χ1) is 14.8. The van der Waals surface area contributed by atoms with Crippen LogP contribution in [0.1, 0.15) is 28.6 Å². The molecule has 0 bridgehead atoms. The minimum absolute atomic E-state index is 0.0309. The second-order valence-electron chi connectivity index (χ2n) is 7.47. The number of aliphatic hydroxyl groups excluding tert-OH is 1. The van der Waals surface area contributed by atoms with Crippen molar-refractivity contribution < 1.29 is 19.4 Å². The van der Waals surface area contributed by atoms with Crippen LogP contribution in [0, 0.1) is 13.8 Å². The Bertz CT molecular complexity index is 1230. The number of pyridine rings is 1. The highest BCUT2D eigenvalue weighted by molar-refractivity contribution is 9.10. The summed E-state index contributed by atoms with van der Waals surface area (Å²) >= 11 is 3.45. The van der Waals surface area contributed by atoms with Gasteiger partial charge in [-0.05, 0) is 43.2 Å². The van der Waals surface area contributed by atoms with Crippen LogP contribution in [0.3, 0.4) is 0 Å². The van der Waals surface area contributed by atoms with Gasteiger partial charge in [0.1, 0.15) is 11.3 Å². The van der Waals surface area contributed by atoms with E-state index >= 15 is 0 Å². The van der Waals surface area contributed by atoms with E-state index in [1.807, 2.05) is 60.8 Å².